The summed E-state index contributed by atoms with van der Waals surface area (Å²) in [6.45, 7) is 3.96. The maximum Gasteiger partial charge on any atom is 0.222 e. The number of piperidine rings is 2. The Labute approximate surface area is 156 Å². The van der Waals surface area contributed by atoms with Crippen molar-refractivity contribution in [3.63, 3.8) is 0 Å². The van der Waals surface area contributed by atoms with E-state index >= 15 is 0 Å². The molecule has 4 rings (SSSR count). The van der Waals surface area contributed by atoms with Gasteiger partial charge in [-0.2, -0.15) is 5.26 Å². The van der Waals surface area contributed by atoms with Crippen molar-refractivity contribution in [3.05, 3.63) is 35.4 Å². The summed E-state index contributed by atoms with van der Waals surface area (Å²) >= 11 is 0. The summed E-state index contributed by atoms with van der Waals surface area (Å²) in [5.41, 5.74) is 2.18. The molecule has 1 aromatic rings. The Kier molecular flexibility index (Phi) is 5.00. The molecule has 3 fully saturated rings. The molecule has 1 spiro atoms. The van der Waals surface area contributed by atoms with Gasteiger partial charge < -0.3 is 4.90 Å². The Morgan fingerprint density at radius 1 is 1.12 bits per heavy atom. The summed E-state index contributed by atoms with van der Waals surface area (Å²) < 4.78 is 0. The zero-order valence-corrected chi connectivity index (χ0v) is 15.6. The van der Waals surface area contributed by atoms with Gasteiger partial charge in [0, 0.05) is 37.5 Å². The maximum absolute atomic E-state index is 12.5. The Morgan fingerprint density at radius 2 is 1.92 bits per heavy atom. The zero-order valence-electron chi connectivity index (χ0n) is 15.6. The Bertz CT molecular complexity index is 704. The van der Waals surface area contributed by atoms with Crippen LogP contribution in [-0.4, -0.2) is 41.4 Å². The molecular formula is C22H29N3O. The molecule has 1 unspecified atom stereocenters. The van der Waals surface area contributed by atoms with Crippen LogP contribution in [0.25, 0.3) is 0 Å². The molecule has 0 N–H and O–H groups in total. The van der Waals surface area contributed by atoms with Gasteiger partial charge in [-0.3, -0.25) is 9.69 Å². The lowest BCUT2D eigenvalue weighted by Crippen LogP contribution is -2.55. The van der Waals surface area contributed by atoms with Crippen LogP contribution in [0.2, 0.25) is 0 Å². The van der Waals surface area contributed by atoms with Crippen molar-refractivity contribution in [2.24, 2.45) is 5.41 Å². The number of hydrogen-bond acceptors (Lipinski definition) is 3. The molecule has 26 heavy (non-hydrogen) atoms. The van der Waals surface area contributed by atoms with E-state index in [4.69, 9.17) is 0 Å². The first kappa shape index (κ1) is 17.5. The molecule has 4 heteroatoms. The van der Waals surface area contributed by atoms with Crippen molar-refractivity contribution in [1.82, 2.24) is 9.80 Å². The van der Waals surface area contributed by atoms with Gasteiger partial charge in [0.1, 0.15) is 0 Å². The topological polar surface area (TPSA) is 47.3 Å². The number of amides is 1. The van der Waals surface area contributed by atoms with Crippen molar-refractivity contribution in [3.8, 4) is 6.07 Å². The van der Waals surface area contributed by atoms with Gasteiger partial charge in [0.05, 0.1) is 11.6 Å². The third-order valence-corrected chi connectivity index (χ3v) is 6.73. The van der Waals surface area contributed by atoms with E-state index in [0.717, 1.165) is 50.1 Å². The van der Waals surface area contributed by atoms with Crippen LogP contribution < -0.4 is 0 Å². The summed E-state index contributed by atoms with van der Waals surface area (Å²) in [5, 5.41) is 9.36. The monoisotopic (exact) mass is 351 g/mol. The highest BCUT2D eigenvalue weighted by atomic mass is 16.2. The predicted octanol–water partition coefficient (Wildman–Crippen LogP) is 3.71. The van der Waals surface area contributed by atoms with Gasteiger partial charge in [-0.05, 0) is 50.3 Å². The average molecular weight is 351 g/mol. The maximum atomic E-state index is 12.5. The first-order valence-electron chi connectivity index (χ1n) is 10.2. The van der Waals surface area contributed by atoms with E-state index < -0.39 is 0 Å². The second-order valence-corrected chi connectivity index (χ2v) is 8.54. The molecule has 3 aliphatic rings. The average Bonchev–Trinajstić information content (AvgIpc) is 3.19. The minimum Gasteiger partial charge on any atom is -0.339 e. The number of nitriles is 1. The van der Waals surface area contributed by atoms with Crippen LogP contribution in [0.4, 0.5) is 0 Å². The standard InChI is InChI=1S/C22H29N3O/c23-14-18-6-1-2-7-19(18)15-24-13-5-11-22(16-24)12-10-21(26)25(17-22)20-8-3-4-9-20/h1-2,6-7,20H,3-5,8-13,15-17H2. The van der Waals surface area contributed by atoms with E-state index in [9.17, 15) is 10.1 Å². The molecule has 2 saturated heterocycles. The molecule has 4 nitrogen and oxygen atoms in total. The fourth-order valence-corrected chi connectivity index (χ4v) is 5.38. The lowest BCUT2D eigenvalue weighted by molar-refractivity contribution is -0.142. The molecule has 1 aromatic carbocycles. The number of nitrogens with zero attached hydrogens (tertiary/aromatic N) is 3. The molecule has 2 aliphatic heterocycles. The molecule has 2 heterocycles. The molecule has 1 atom stereocenters. The van der Waals surface area contributed by atoms with Crippen molar-refractivity contribution in [2.45, 2.75) is 64.0 Å². The zero-order chi connectivity index (χ0) is 18.0. The number of hydrogen-bond donors (Lipinski definition) is 0. The van der Waals surface area contributed by atoms with Gasteiger partial charge in [-0.15, -0.1) is 0 Å². The Morgan fingerprint density at radius 3 is 2.73 bits per heavy atom. The van der Waals surface area contributed by atoms with Gasteiger partial charge in [0.15, 0.2) is 0 Å². The van der Waals surface area contributed by atoms with Gasteiger partial charge in [0.2, 0.25) is 5.91 Å². The summed E-state index contributed by atoms with van der Waals surface area (Å²) in [4.78, 5) is 17.3. The molecule has 1 aliphatic carbocycles. The summed E-state index contributed by atoms with van der Waals surface area (Å²) in [6, 6.07) is 10.8. The summed E-state index contributed by atoms with van der Waals surface area (Å²) in [6.07, 6.45) is 9.13. The largest absolute Gasteiger partial charge is 0.339 e. The molecule has 0 aromatic heterocycles. The highest BCUT2D eigenvalue weighted by Crippen LogP contribution is 2.41. The van der Waals surface area contributed by atoms with Crippen molar-refractivity contribution < 1.29 is 4.79 Å². The third kappa shape index (κ3) is 3.50. The summed E-state index contributed by atoms with van der Waals surface area (Å²) in [7, 11) is 0. The number of likely N-dealkylation sites (tertiary alicyclic amines) is 2. The third-order valence-electron chi connectivity index (χ3n) is 6.73. The number of carbonyl (C=O) groups excluding carboxylic acids is 1. The molecule has 1 amide bonds. The summed E-state index contributed by atoms with van der Waals surface area (Å²) in [5.74, 6) is 0.384. The van der Waals surface area contributed by atoms with Crippen LogP contribution >= 0.6 is 0 Å². The SMILES string of the molecule is N#Cc1ccccc1CN1CCCC2(CCC(=O)N(C3CCCC3)C2)C1. The highest BCUT2D eigenvalue weighted by molar-refractivity contribution is 5.77. The van der Waals surface area contributed by atoms with Crippen molar-refractivity contribution >= 4 is 5.91 Å². The highest BCUT2D eigenvalue weighted by Gasteiger charge is 2.43. The van der Waals surface area contributed by atoms with Crippen LogP contribution in [0.3, 0.4) is 0 Å². The van der Waals surface area contributed by atoms with Crippen molar-refractivity contribution in [2.75, 3.05) is 19.6 Å². The van der Waals surface area contributed by atoms with Crippen LogP contribution in [-0.2, 0) is 11.3 Å². The fourth-order valence-electron chi connectivity index (χ4n) is 5.38. The van der Waals surface area contributed by atoms with Gasteiger partial charge >= 0.3 is 0 Å². The van der Waals surface area contributed by atoms with Gasteiger partial charge in [-0.25, -0.2) is 0 Å². The Hall–Kier alpha value is -1.86. The second kappa shape index (κ2) is 7.40. The van der Waals surface area contributed by atoms with Crippen LogP contribution in [0.15, 0.2) is 24.3 Å². The molecule has 1 saturated carbocycles. The quantitative estimate of drug-likeness (QED) is 0.834. The van der Waals surface area contributed by atoms with E-state index in [1.807, 2.05) is 18.2 Å². The van der Waals surface area contributed by atoms with E-state index in [1.54, 1.807) is 0 Å². The lowest BCUT2D eigenvalue weighted by atomic mass is 9.73. The first-order chi connectivity index (χ1) is 12.7. The number of benzene rings is 1. The van der Waals surface area contributed by atoms with Crippen LogP contribution in [0, 0.1) is 16.7 Å². The first-order valence-corrected chi connectivity index (χ1v) is 10.2. The lowest BCUT2D eigenvalue weighted by Gasteiger charge is -2.49. The van der Waals surface area contributed by atoms with Gasteiger partial charge in [0.25, 0.3) is 0 Å². The minimum absolute atomic E-state index is 0.260. The van der Waals surface area contributed by atoms with E-state index in [2.05, 4.69) is 21.9 Å². The molecule has 0 bridgehead atoms. The van der Waals surface area contributed by atoms with E-state index in [1.165, 1.54) is 38.5 Å². The Balaban J connectivity index is 1.47. The number of rotatable bonds is 3. The fraction of sp³-hybridized carbons (Fsp3) is 0.636. The molecular weight excluding hydrogens is 322 g/mol. The van der Waals surface area contributed by atoms with Gasteiger partial charge in [-0.1, -0.05) is 31.0 Å². The van der Waals surface area contributed by atoms with Crippen LogP contribution in [0.1, 0.15) is 62.5 Å². The van der Waals surface area contributed by atoms with E-state index in [-0.39, 0.29) is 5.41 Å². The smallest absolute Gasteiger partial charge is 0.222 e. The number of carbonyl (C=O) groups is 1. The normalized spacial score (nSPS) is 27.8. The predicted molar refractivity (Wildman–Crippen MR) is 101 cm³/mol. The minimum atomic E-state index is 0.260. The van der Waals surface area contributed by atoms with Crippen LogP contribution in [0.5, 0.6) is 0 Å². The second-order valence-electron chi connectivity index (χ2n) is 8.54. The van der Waals surface area contributed by atoms with E-state index in [0.29, 0.717) is 11.9 Å². The van der Waals surface area contributed by atoms with Crippen molar-refractivity contribution in [1.29, 1.82) is 5.26 Å². The molecule has 138 valence electrons. The molecule has 0 radical (unpaired) electrons.